The number of para-hydroxylation sites is 1. The van der Waals surface area contributed by atoms with E-state index in [1.807, 2.05) is 17.0 Å². The molecule has 1 aromatic heterocycles. The van der Waals surface area contributed by atoms with Crippen molar-refractivity contribution in [2.45, 2.75) is 12.3 Å². The van der Waals surface area contributed by atoms with E-state index in [2.05, 4.69) is 42.1 Å². The van der Waals surface area contributed by atoms with E-state index in [-0.39, 0.29) is 11.3 Å². The summed E-state index contributed by atoms with van der Waals surface area (Å²) in [4.78, 5) is 13.9. The third kappa shape index (κ3) is 2.91. The van der Waals surface area contributed by atoms with Crippen molar-refractivity contribution in [2.24, 2.45) is 0 Å². The van der Waals surface area contributed by atoms with Gasteiger partial charge < -0.3 is 14.2 Å². The van der Waals surface area contributed by atoms with E-state index in [0.29, 0.717) is 18.9 Å². The van der Waals surface area contributed by atoms with Crippen LogP contribution in [0.4, 0.5) is 0 Å². The Morgan fingerprint density at radius 3 is 2.91 bits per heavy atom. The minimum atomic E-state index is 0.0907. The quantitative estimate of drug-likeness (QED) is 0.850. The van der Waals surface area contributed by atoms with E-state index in [9.17, 15) is 4.79 Å². The number of hydrogen-bond donors (Lipinski definition) is 0. The van der Waals surface area contributed by atoms with Crippen molar-refractivity contribution in [3.05, 3.63) is 53.9 Å². The molecule has 0 aliphatic carbocycles. The number of hydrogen-bond acceptors (Lipinski definition) is 3. The fourth-order valence-electron chi connectivity index (χ4n) is 2.72. The van der Waals surface area contributed by atoms with Crippen LogP contribution in [-0.2, 0) is 9.53 Å². The summed E-state index contributed by atoms with van der Waals surface area (Å²) in [6, 6.07) is 10.4. The second kappa shape index (κ2) is 6.58. The zero-order valence-corrected chi connectivity index (χ0v) is 13.7. The second-order valence-corrected chi connectivity index (χ2v) is 6.45. The summed E-state index contributed by atoms with van der Waals surface area (Å²) in [5, 5.41) is 0.0907. The number of aromatic nitrogens is 1. The average Bonchev–Trinajstić information content (AvgIpc) is 3.12. The average molecular weight is 316 g/mol. The largest absolute Gasteiger partial charge is 0.383 e. The maximum absolute atomic E-state index is 12.0. The summed E-state index contributed by atoms with van der Waals surface area (Å²) in [5.41, 5.74) is 3.57. The van der Waals surface area contributed by atoms with Gasteiger partial charge in [-0.05, 0) is 24.6 Å². The molecular formula is C17H20N2O2S. The van der Waals surface area contributed by atoms with Crippen molar-refractivity contribution in [3.63, 3.8) is 0 Å². The molecule has 5 heteroatoms. The van der Waals surface area contributed by atoms with Crippen LogP contribution in [0.15, 0.2) is 42.7 Å². The number of carbonyl (C=O) groups is 1. The Hall–Kier alpha value is -1.72. The van der Waals surface area contributed by atoms with E-state index in [1.54, 1.807) is 18.9 Å². The van der Waals surface area contributed by atoms with Crippen molar-refractivity contribution in [2.75, 3.05) is 26.0 Å². The number of methoxy groups -OCH3 is 1. The first-order chi connectivity index (χ1) is 10.7. The van der Waals surface area contributed by atoms with Gasteiger partial charge in [0.15, 0.2) is 0 Å². The second-order valence-electron chi connectivity index (χ2n) is 5.38. The number of rotatable bonds is 5. The van der Waals surface area contributed by atoms with Crippen LogP contribution in [0.1, 0.15) is 16.5 Å². The van der Waals surface area contributed by atoms with E-state index in [1.165, 1.54) is 11.3 Å². The van der Waals surface area contributed by atoms with Gasteiger partial charge in [-0.3, -0.25) is 4.79 Å². The Labute approximate surface area is 135 Å². The number of ether oxygens (including phenoxy) is 1. The first-order valence-corrected chi connectivity index (χ1v) is 8.39. The van der Waals surface area contributed by atoms with Crippen molar-refractivity contribution in [1.29, 1.82) is 0 Å². The number of nitrogens with zero attached hydrogens (tertiary/aromatic N) is 2. The standard InChI is InChI=1S/C17H20N2O2S/c1-13-5-3-4-6-15(13)18-8-7-14(11-18)17-19(9-10-21-2)16(20)12-22-17/h3-8,11,17H,9-10,12H2,1-2H3/t17-/m0/s1. The molecule has 2 heterocycles. The highest BCUT2D eigenvalue weighted by atomic mass is 32.2. The van der Waals surface area contributed by atoms with Crippen molar-refractivity contribution >= 4 is 17.7 Å². The summed E-state index contributed by atoms with van der Waals surface area (Å²) < 4.78 is 7.25. The van der Waals surface area contributed by atoms with Gasteiger partial charge in [-0.2, -0.15) is 0 Å². The van der Waals surface area contributed by atoms with Crippen molar-refractivity contribution in [1.82, 2.24) is 9.47 Å². The normalized spacial score (nSPS) is 18.2. The van der Waals surface area contributed by atoms with Crippen LogP contribution in [0.5, 0.6) is 0 Å². The van der Waals surface area contributed by atoms with Crippen LogP contribution in [0.25, 0.3) is 5.69 Å². The molecule has 0 spiro atoms. The van der Waals surface area contributed by atoms with Gasteiger partial charge >= 0.3 is 0 Å². The topological polar surface area (TPSA) is 34.5 Å². The van der Waals surface area contributed by atoms with E-state index in [0.717, 1.165) is 5.56 Å². The lowest BCUT2D eigenvalue weighted by Crippen LogP contribution is -2.31. The molecule has 1 saturated heterocycles. The molecule has 3 rings (SSSR count). The Morgan fingerprint density at radius 1 is 1.32 bits per heavy atom. The Balaban J connectivity index is 1.84. The maximum Gasteiger partial charge on any atom is 0.233 e. The highest BCUT2D eigenvalue weighted by molar-refractivity contribution is 8.00. The molecule has 0 unspecified atom stereocenters. The summed E-state index contributed by atoms with van der Waals surface area (Å²) >= 11 is 1.68. The highest BCUT2D eigenvalue weighted by Gasteiger charge is 2.32. The van der Waals surface area contributed by atoms with Gasteiger partial charge in [0.05, 0.1) is 12.4 Å². The molecule has 116 valence electrons. The van der Waals surface area contributed by atoms with Gasteiger partial charge in [0.25, 0.3) is 0 Å². The van der Waals surface area contributed by atoms with Crippen molar-refractivity contribution in [3.8, 4) is 5.69 Å². The predicted octanol–water partition coefficient (Wildman–Crippen LogP) is 3.01. The third-order valence-corrected chi connectivity index (χ3v) is 5.15. The van der Waals surface area contributed by atoms with Crippen molar-refractivity contribution < 1.29 is 9.53 Å². The maximum atomic E-state index is 12.0. The first kappa shape index (κ1) is 15.2. The van der Waals surface area contributed by atoms with E-state index < -0.39 is 0 Å². The molecule has 0 bridgehead atoms. The van der Waals surface area contributed by atoms with Crippen LogP contribution in [0, 0.1) is 6.92 Å². The molecule has 1 aliphatic heterocycles. The molecule has 4 nitrogen and oxygen atoms in total. The zero-order chi connectivity index (χ0) is 15.5. The predicted molar refractivity (Wildman–Crippen MR) is 89.3 cm³/mol. The van der Waals surface area contributed by atoms with Gasteiger partial charge in [-0.1, -0.05) is 18.2 Å². The molecule has 0 N–H and O–H groups in total. The Bertz CT molecular complexity index is 668. The number of aryl methyl sites for hydroxylation is 1. The highest BCUT2D eigenvalue weighted by Crippen LogP contribution is 2.38. The summed E-state index contributed by atoms with van der Waals surface area (Å²) in [7, 11) is 1.66. The lowest BCUT2D eigenvalue weighted by molar-refractivity contribution is -0.128. The van der Waals surface area contributed by atoms with Gasteiger partial charge in [-0.25, -0.2) is 0 Å². The summed E-state index contributed by atoms with van der Waals surface area (Å²) in [5.74, 6) is 0.736. The molecule has 1 atom stereocenters. The molecular weight excluding hydrogens is 296 g/mol. The van der Waals surface area contributed by atoms with Crippen LogP contribution in [0.3, 0.4) is 0 Å². The van der Waals surface area contributed by atoms with Gasteiger partial charge in [0, 0.05) is 37.3 Å². The SMILES string of the molecule is COCCN1C(=O)CS[C@H]1c1ccn(-c2ccccc2C)c1. The smallest absolute Gasteiger partial charge is 0.233 e. The number of thioether (sulfide) groups is 1. The molecule has 0 radical (unpaired) electrons. The van der Waals surface area contributed by atoms with E-state index >= 15 is 0 Å². The lowest BCUT2D eigenvalue weighted by Gasteiger charge is -2.22. The van der Waals surface area contributed by atoms with Crippen LogP contribution >= 0.6 is 11.8 Å². The van der Waals surface area contributed by atoms with Crippen LogP contribution in [0.2, 0.25) is 0 Å². The monoisotopic (exact) mass is 316 g/mol. The van der Waals surface area contributed by atoms with Gasteiger partial charge in [0.2, 0.25) is 5.91 Å². The molecule has 1 aliphatic rings. The molecule has 1 fully saturated rings. The van der Waals surface area contributed by atoms with Crippen LogP contribution in [-0.4, -0.2) is 41.4 Å². The van der Waals surface area contributed by atoms with Gasteiger partial charge in [0.1, 0.15) is 5.37 Å². The number of carbonyl (C=O) groups excluding carboxylic acids is 1. The van der Waals surface area contributed by atoms with E-state index in [4.69, 9.17) is 4.74 Å². The molecule has 2 aromatic rings. The Kier molecular flexibility index (Phi) is 4.55. The lowest BCUT2D eigenvalue weighted by atomic mass is 10.2. The summed E-state index contributed by atoms with van der Waals surface area (Å²) in [6.45, 7) is 3.32. The minimum Gasteiger partial charge on any atom is -0.383 e. The fourth-order valence-corrected chi connectivity index (χ4v) is 3.92. The Morgan fingerprint density at radius 2 is 2.14 bits per heavy atom. The van der Waals surface area contributed by atoms with Crippen LogP contribution < -0.4 is 0 Å². The minimum absolute atomic E-state index is 0.0907. The zero-order valence-electron chi connectivity index (χ0n) is 12.9. The molecule has 1 aromatic carbocycles. The third-order valence-electron chi connectivity index (χ3n) is 3.90. The molecule has 1 amide bonds. The molecule has 0 saturated carbocycles. The number of benzene rings is 1. The van der Waals surface area contributed by atoms with Gasteiger partial charge in [-0.15, -0.1) is 11.8 Å². The number of amides is 1. The first-order valence-electron chi connectivity index (χ1n) is 7.34. The molecule has 22 heavy (non-hydrogen) atoms. The summed E-state index contributed by atoms with van der Waals surface area (Å²) in [6.07, 6.45) is 4.19. The fraction of sp³-hybridized carbons (Fsp3) is 0.353.